The molecule has 0 unspecified atom stereocenters. The minimum Gasteiger partial charge on any atom is -0.462 e. The lowest BCUT2D eigenvalue weighted by Gasteiger charge is -2.21. The van der Waals surface area contributed by atoms with Crippen LogP contribution in [0.3, 0.4) is 0 Å². The summed E-state index contributed by atoms with van der Waals surface area (Å²) in [6.07, 6.45) is 1.61. The molecule has 0 bridgehead atoms. The molecule has 27 heavy (non-hydrogen) atoms. The lowest BCUT2D eigenvalue weighted by molar-refractivity contribution is 0.0527. The topological polar surface area (TPSA) is 80.2 Å². The number of benzene rings is 2. The number of esters is 1. The number of hydrogen-bond donors (Lipinski definition) is 1. The monoisotopic (exact) mass is 363 g/mol. The van der Waals surface area contributed by atoms with Crippen LogP contribution >= 0.6 is 0 Å². The minimum absolute atomic E-state index is 0.304. The summed E-state index contributed by atoms with van der Waals surface area (Å²) in [5, 5.41) is 11.2. The standard InChI is InChI=1S/C20H21N5O2/c1-3-25(15-10-6-5-7-11-15)18-14-21-24-20(23-18)22-17-13-9-8-12-16(17)19(26)27-4-2/h5-14H,3-4H2,1-2H3,(H,22,23,24). The Labute approximate surface area is 158 Å². The SMILES string of the molecule is CCOC(=O)c1ccccc1Nc1nncc(N(CC)c2ccccc2)n1. The van der Waals surface area contributed by atoms with Gasteiger partial charge in [0.25, 0.3) is 0 Å². The van der Waals surface area contributed by atoms with Crippen molar-refractivity contribution in [2.24, 2.45) is 0 Å². The first-order chi connectivity index (χ1) is 13.2. The van der Waals surface area contributed by atoms with Crippen molar-refractivity contribution >= 4 is 29.1 Å². The molecule has 0 aliphatic rings. The molecule has 0 radical (unpaired) electrons. The second-order valence-corrected chi connectivity index (χ2v) is 5.61. The average Bonchev–Trinajstić information content (AvgIpc) is 2.70. The molecule has 0 spiro atoms. The number of nitrogens with zero attached hydrogens (tertiary/aromatic N) is 4. The maximum atomic E-state index is 12.1. The van der Waals surface area contributed by atoms with E-state index in [-0.39, 0.29) is 0 Å². The summed E-state index contributed by atoms with van der Waals surface area (Å²) >= 11 is 0. The molecule has 1 heterocycles. The lowest BCUT2D eigenvalue weighted by atomic mass is 10.2. The number of aromatic nitrogens is 3. The zero-order chi connectivity index (χ0) is 19.1. The minimum atomic E-state index is -0.399. The summed E-state index contributed by atoms with van der Waals surface area (Å²) in [7, 11) is 0. The zero-order valence-electron chi connectivity index (χ0n) is 15.3. The van der Waals surface area contributed by atoms with Crippen molar-refractivity contribution < 1.29 is 9.53 Å². The Morgan fingerprint density at radius 3 is 2.56 bits per heavy atom. The van der Waals surface area contributed by atoms with Crippen molar-refractivity contribution in [3.63, 3.8) is 0 Å². The molecule has 0 saturated carbocycles. The predicted molar refractivity (Wildman–Crippen MR) is 105 cm³/mol. The molecular formula is C20H21N5O2. The summed E-state index contributed by atoms with van der Waals surface area (Å²) in [6, 6.07) is 17.0. The van der Waals surface area contributed by atoms with Gasteiger partial charge in [0, 0.05) is 12.2 Å². The maximum Gasteiger partial charge on any atom is 0.340 e. The second kappa shape index (κ2) is 8.75. The number of rotatable bonds is 7. The van der Waals surface area contributed by atoms with Gasteiger partial charge in [-0.15, -0.1) is 5.10 Å². The van der Waals surface area contributed by atoms with Gasteiger partial charge >= 0.3 is 5.97 Å². The fourth-order valence-electron chi connectivity index (χ4n) is 2.66. The van der Waals surface area contributed by atoms with Crippen LogP contribution in [0.2, 0.25) is 0 Å². The van der Waals surface area contributed by atoms with Crippen LogP contribution in [0.4, 0.5) is 23.1 Å². The first kappa shape index (κ1) is 18.3. The molecule has 0 amide bonds. The summed E-state index contributed by atoms with van der Waals surface area (Å²) in [5.41, 5.74) is 2.00. The fraction of sp³-hybridized carbons (Fsp3) is 0.200. The van der Waals surface area contributed by atoms with Crippen molar-refractivity contribution in [1.29, 1.82) is 0 Å². The van der Waals surface area contributed by atoms with Gasteiger partial charge in [-0.1, -0.05) is 30.3 Å². The van der Waals surface area contributed by atoms with Crippen molar-refractivity contribution in [3.8, 4) is 0 Å². The average molecular weight is 363 g/mol. The van der Waals surface area contributed by atoms with Gasteiger partial charge in [-0.3, -0.25) is 0 Å². The van der Waals surface area contributed by atoms with Gasteiger partial charge in [0.2, 0.25) is 5.95 Å². The summed E-state index contributed by atoms with van der Waals surface area (Å²) in [5.74, 6) is 0.567. The molecule has 7 nitrogen and oxygen atoms in total. The Morgan fingerprint density at radius 1 is 1.07 bits per heavy atom. The third kappa shape index (κ3) is 4.38. The molecule has 3 aromatic rings. The molecule has 2 aromatic carbocycles. The van der Waals surface area contributed by atoms with Gasteiger partial charge in [0.15, 0.2) is 5.82 Å². The first-order valence-electron chi connectivity index (χ1n) is 8.78. The molecule has 1 N–H and O–H groups in total. The van der Waals surface area contributed by atoms with E-state index in [2.05, 4.69) is 20.5 Å². The summed E-state index contributed by atoms with van der Waals surface area (Å²) in [6.45, 7) is 4.84. The van der Waals surface area contributed by atoms with Crippen LogP contribution in [0.25, 0.3) is 0 Å². The van der Waals surface area contributed by atoms with E-state index in [0.717, 1.165) is 12.2 Å². The molecule has 0 aliphatic carbocycles. The second-order valence-electron chi connectivity index (χ2n) is 5.61. The highest BCUT2D eigenvalue weighted by atomic mass is 16.5. The molecule has 1 aromatic heterocycles. The van der Waals surface area contributed by atoms with E-state index in [1.165, 1.54) is 0 Å². The van der Waals surface area contributed by atoms with Crippen LogP contribution in [0, 0.1) is 0 Å². The van der Waals surface area contributed by atoms with E-state index in [1.54, 1.807) is 31.3 Å². The number of ether oxygens (including phenoxy) is 1. The van der Waals surface area contributed by atoms with Crippen molar-refractivity contribution in [1.82, 2.24) is 15.2 Å². The van der Waals surface area contributed by atoms with E-state index >= 15 is 0 Å². The predicted octanol–water partition coefficient (Wildman–Crippen LogP) is 3.95. The Balaban J connectivity index is 1.88. The first-order valence-corrected chi connectivity index (χ1v) is 8.78. The quantitative estimate of drug-likeness (QED) is 0.637. The fourth-order valence-corrected chi connectivity index (χ4v) is 2.66. The van der Waals surface area contributed by atoms with E-state index < -0.39 is 5.97 Å². The van der Waals surface area contributed by atoms with Gasteiger partial charge in [-0.2, -0.15) is 10.1 Å². The number of nitrogens with one attached hydrogen (secondary N) is 1. The third-order valence-electron chi connectivity index (χ3n) is 3.88. The maximum absolute atomic E-state index is 12.1. The van der Waals surface area contributed by atoms with E-state index in [9.17, 15) is 4.79 Å². The summed E-state index contributed by atoms with van der Waals surface area (Å²) in [4.78, 5) is 18.7. The van der Waals surface area contributed by atoms with Crippen LogP contribution in [0.15, 0.2) is 60.8 Å². The van der Waals surface area contributed by atoms with E-state index in [1.807, 2.05) is 48.2 Å². The third-order valence-corrected chi connectivity index (χ3v) is 3.88. The van der Waals surface area contributed by atoms with Crippen molar-refractivity contribution in [2.75, 3.05) is 23.4 Å². The van der Waals surface area contributed by atoms with Crippen molar-refractivity contribution in [3.05, 3.63) is 66.4 Å². The molecule has 0 aliphatic heterocycles. The van der Waals surface area contributed by atoms with Gasteiger partial charge in [-0.25, -0.2) is 4.79 Å². The van der Waals surface area contributed by atoms with Gasteiger partial charge < -0.3 is 15.0 Å². The highest BCUT2D eigenvalue weighted by molar-refractivity contribution is 5.96. The molecular weight excluding hydrogens is 342 g/mol. The number of carbonyl (C=O) groups excluding carboxylic acids is 1. The Bertz CT molecular complexity index is 902. The van der Waals surface area contributed by atoms with Crippen LogP contribution in [-0.4, -0.2) is 34.3 Å². The van der Waals surface area contributed by atoms with Gasteiger partial charge in [0.05, 0.1) is 24.1 Å². The molecule has 0 saturated heterocycles. The summed E-state index contributed by atoms with van der Waals surface area (Å²) < 4.78 is 5.10. The molecule has 3 rings (SSSR count). The number of hydrogen-bond acceptors (Lipinski definition) is 7. The van der Waals surface area contributed by atoms with Gasteiger partial charge in [-0.05, 0) is 38.1 Å². The van der Waals surface area contributed by atoms with Crippen molar-refractivity contribution in [2.45, 2.75) is 13.8 Å². The largest absolute Gasteiger partial charge is 0.462 e. The Morgan fingerprint density at radius 2 is 1.81 bits per heavy atom. The molecule has 7 heteroatoms. The van der Waals surface area contributed by atoms with Crippen LogP contribution < -0.4 is 10.2 Å². The zero-order valence-corrected chi connectivity index (χ0v) is 15.3. The number of carbonyl (C=O) groups is 1. The van der Waals surface area contributed by atoms with E-state index in [0.29, 0.717) is 29.6 Å². The van der Waals surface area contributed by atoms with Crippen LogP contribution in [0.1, 0.15) is 24.2 Å². The van der Waals surface area contributed by atoms with Crippen LogP contribution in [-0.2, 0) is 4.74 Å². The van der Waals surface area contributed by atoms with Gasteiger partial charge in [0.1, 0.15) is 0 Å². The molecule has 0 atom stereocenters. The number of para-hydroxylation sites is 2. The molecule has 0 fully saturated rings. The highest BCUT2D eigenvalue weighted by Gasteiger charge is 2.14. The smallest absolute Gasteiger partial charge is 0.340 e. The normalized spacial score (nSPS) is 10.3. The van der Waals surface area contributed by atoms with Crippen LogP contribution in [0.5, 0.6) is 0 Å². The number of anilines is 4. The Kier molecular flexibility index (Phi) is 5.94. The lowest BCUT2D eigenvalue weighted by Crippen LogP contribution is -2.18. The highest BCUT2D eigenvalue weighted by Crippen LogP contribution is 2.24. The molecule has 138 valence electrons. The van der Waals surface area contributed by atoms with E-state index in [4.69, 9.17) is 4.74 Å². The Hall–Kier alpha value is -3.48.